The second-order valence-electron chi connectivity index (χ2n) is 3.42. The highest BCUT2D eigenvalue weighted by Gasteiger charge is 2.12. The zero-order valence-electron chi connectivity index (χ0n) is 8.43. The molecule has 4 nitrogen and oxygen atoms in total. The van der Waals surface area contributed by atoms with Gasteiger partial charge in [0.1, 0.15) is 4.21 Å². The summed E-state index contributed by atoms with van der Waals surface area (Å²) < 4.78 is 23.1. The SMILES string of the molecule is CC(=O)c1ccc2cc(S(N)(=O)=O)sc2c1. The van der Waals surface area contributed by atoms with E-state index in [0.29, 0.717) is 5.56 Å². The van der Waals surface area contributed by atoms with Crippen LogP contribution in [0.3, 0.4) is 0 Å². The van der Waals surface area contributed by atoms with Crippen molar-refractivity contribution in [3.05, 3.63) is 29.8 Å². The van der Waals surface area contributed by atoms with Gasteiger partial charge in [0, 0.05) is 10.3 Å². The van der Waals surface area contributed by atoms with Crippen molar-refractivity contribution in [2.24, 2.45) is 5.14 Å². The highest BCUT2D eigenvalue weighted by molar-refractivity contribution is 7.91. The van der Waals surface area contributed by atoms with Crippen molar-refractivity contribution in [2.45, 2.75) is 11.1 Å². The van der Waals surface area contributed by atoms with Gasteiger partial charge in [0.2, 0.25) is 10.0 Å². The standard InChI is InChI=1S/C10H9NO3S2/c1-6(12)7-2-3-8-5-10(16(11,13)14)15-9(8)4-7/h2-5H,1H3,(H2,11,13,14). The third-order valence-electron chi connectivity index (χ3n) is 2.18. The van der Waals surface area contributed by atoms with Crippen LogP contribution in [0.1, 0.15) is 17.3 Å². The highest BCUT2D eigenvalue weighted by atomic mass is 32.2. The Morgan fingerprint density at radius 2 is 2.00 bits per heavy atom. The first kappa shape index (κ1) is 11.3. The number of hydrogen-bond acceptors (Lipinski definition) is 4. The Bertz CT molecular complexity index is 670. The second kappa shape index (κ2) is 3.65. The van der Waals surface area contributed by atoms with Crippen molar-refractivity contribution in [1.82, 2.24) is 0 Å². The van der Waals surface area contributed by atoms with Gasteiger partial charge in [-0.3, -0.25) is 4.79 Å². The number of carbonyl (C=O) groups is 1. The first-order valence-electron chi connectivity index (χ1n) is 4.45. The van der Waals surface area contributed by atoms with E-state index in [1.54, 1.807) is 18.2 Å². The van der Waals surface area contributed by atoms with Crippen molar-refractivity contribution in [3.63, 3.8) is 0 Å². The van der Waals surface area contributed by atoms with E-state index < -0.39 is 10.0 Å². The second-order valence-corrected chi connectivity index (χ2v) is 6.29. The maximum absolute atomic E-state index is 11.2. The van der Waals surface area contributed by atoms with Gasteiger partial charge in [-0.25, -0.2) is 13.6 Å². The van der Waals surface area contributed by atoms with Crippen molar-refractivity contribution in [3.8, 4) is 0 Å². The minimum atomic E-state index is -3.66. The molecule has 2 aromatic rings. The van der Waals surface area contributed by atoms with Gasteiger partial charge < -0.3 is 0 Å². The molecule has 0 aliphatic heterocycles. The fourth-order valence-electron chi connectivity index (χ4n) is 1.37. The van der Waals surface area contributed by atoms with Crippen LogP contribution in [0.25, 0.3) is 10.1 Å². The molecule has 0 saturated carbocycles. The average Bonchev–Trinajstić information content (AvgIpc) is 2.58. The maximum Gasteiger partial charge on any atom is 0.247 e. The number of fused-ring (bicyclic) bond motifs is 1. The predicted molar refractivity (Wildman–Crippen MR) is 63.2 cm³/mol. The van der Waals surface area contributed by atoms with Gasteiger partial charge in [0.25, 0.3) is 0 Å². The number of thiophene rings is 1. The molecule has 0 fully saturated rings. The van der Waals surface area contributed by atoms with E-state index in [9.17, 15) is 13.2 Å². The van der Waals surface area contributed by atoms with Crippen molar-refractivity contribution >= 4 is 37.2 Å². The number of rotatable bonds is 2. The zero-order valence-corrected chi connectivity index (χ0v) is 10.1. The Morgan fingerprint density at radius 1 is 1.31 bits per heavy atom. The number of ketones is 1. The molecule has 1 aromatic carbocycles. The number of benzene rings is 1. The normalized spacial score (nSPS) is 11.9. The largest absolute Gasteiger partial charge is 0.295 e. The lowest BCUT2D eigenvalue weighted by molar-refractivity contribution is 0.101. The molecular weight excluding hydrogens is 246 g/mol. The van der Waals surface area contributed by atoms with E-state index in [4.69, 9.17) is 5.14 Å². The van der Waals surface area contributed by atoms with Crippen molar-refractivity contribution in [1.29, 1.82) is 0 Å². The van der Waals surface area contributed by atoms with Crippen LogP contribution < -0.4 is 5.14 Å². The molecule has 84 valence electrons. The third-order valence-corrected chi connectivity index (χ3v) is 4.70. The number of nitrogens with two attached hydrogens (primary N) is 1. The molecule has 1 aromatic heterocycles. The number of sulfonamides is 1. The molecule has 6 heteroatoms. The molecule has 0 saturated heterocycles. The predicted octanol–water partition coefficient (Wildman–Crippen LogP) is 1.75. The van der Waals surface area contributed by atoms with E-state index in [1.165, 1.54) is 13.0 Å². The Kier molecular flexibility index (Phi) is 2.57. The van der Waals surface area contributed by atoms with Crippen LogP contribution in [0, 0.1) is 0 Å². The molecule has 16 heavy (non-hydrogen) atoms. The fraction of sp³-hybridized carbons (Fsp3) is 0.100. The number of hydrogen-bond donors (Lipinski definition) is 1. The van der Waals surface area contributed by atoms with Crippen LogP contribution in [-0.2, 0) is 10.0 Å². The minimum absolute atomic E-state index is 0.0487. The third kappa shape index (κ3) is 1.99. The van der Waals surface area contributed by atoms with E-state index in [0.717, 1.165) is 21.4 Å². The van der Waals surface area contributed by atoms with E-state index in [2.05, 4.69) is 0 Å². The van der Waals surface area contributed by atoms with Crippen LogP contribution in [0.2, 0.25) is 0 Å². The number of primary sulfonamides is 1. The summed E-state index contributed by atoms with van der Waals surface area (Å²) in [4.78, 5) is 11.2. The topological polar surface area (TPSA) is 77.2 Å². The lowest BCUT2D eigenvalue weighted by atomic mass is 10.1. The first-order chi connectivity index (χ1) is 7.38. The zero-order chi connectivity index (χ0) is 11.9. The van der Waals surface area contributed by atoms with Gasteiger partial charge in [-0.15, -0.1) is 11.3 Å². The van der Waals surface area contributed by atoms with Gasteiger partial charge >= 0.3 is 0 Å². The molecule has 0 aliphatic rings. The molecule has 2 rings (SSSR count). The lowest BCUT2D eigenvalue weighted by Gasteiger charge is -1.93. The molecule has 0 radical (unpaired) electrons. The monoisotopic (exact) mass is 255 g/mol. The molecule has 0 spiro atoms. The lowest BCUT2D eigenvalue weighted by Crippen LogP contribution is -2.09. The first-order valence-corrected chi connectivity index (χ1v) is 6.81. The van der Waals surface area contributed by atoms with Crippen LogP contribution in [0.5, 0.6) is 0 Å². The Hall–Kier alpha value is -1.24. The molecule has 1 heterocycles. The summed E-state index contributed by atoms with van der Waals surface area (Å²) in [5.74, 6) is -0.0487. The molecule has 0 aliphatic carbocycles. The van der Waals surface area contributed by atoms with Crippen LogP contribution >= 0.6 is 11.3 Å². The highest BCUT2D eigenvalue weighted by Crippen LogP contribution is 2.29. The average molecular weight is 255 g/mol. The summed E-state index contributed by atoms with van der Waals surface area (Å²) >= 11 is 1.07. The smallest absolute Gasteiger partial charge is 0.247 e. The Balaban J connectivity index is 2.68. The Morgan fingerprint density at radius 3 is 2.56 bits per heavy atom. The number of carbonyl (C=O) groups excluding carboxylic acids is 1. The van der Waals surface area contributed by atoms with E-state index >= 15 is 0 Å². The molecule has 0 unspecified atom stereocenters. The molecule has 0 bridgehead atoms. The van der Waals surface area contributed by atoms with Gasteiger partial charge in [-0.05, 0) is 24.4 Å². The van der Waals surface area contributed by atoms with Crippen LogP contribution in [0.4, 0.5) is 0 Å². The van der Waals surface area contributed by atoms with Gasteiger partial charge in [-0.2, -0.15) is 0 Å². The summed E-state index contributed by atoms with van der Waals surface area (Å²) in [6, 6.07) is 6.58. The summed E-state index contributed by atoms with van der Waals surface area (Å²) in [5.41, 5.74) is 0.565. The van der Waals surface area contributed by atoms with E-state index in [1.807, 2.05) is 0 Å². The summed E-state index contributed by atoms with van der Waals surface area (Å²) in [6.45, 7) is 1.47. The summed E-state index contributed by atoms with van der Waals surface area (Å²) in [5, 5.41) is 5.81. The van der Waals surface area contributed by atoms with Crippen molar-refractivity contribution in [2.75, 3.05) is 0 Å². The Labute approximate surface area is 96.7 Å². The van der Waals surface area contributed by atoms with Gasteiger partial charge in [0.05, 0.1) is 0 Å². The van der Waals surface area contributed by atoms with Crippen LogP contribution in [0.15, 0.2) is 28.5 Å². The van der Waals surface area contributed by atoms with Gasteiger partial charge in [0.15, 0.2) is 5.78 Å². The maximum atomic E-state index is 11.2. The summed E-state index contributed by atoms with van der Waals surface area (Å²) in [6.07, 6.45) is 0. The summed E-state index contributed by atoms with van der Waals surface area (Å²) in [7, 11) is -3.66. The number of Topliss-reactive ketones (excluding diaryl/α,β-unsaturated/α-hetero) is 1. The molecule has 0 atom stereocenters. The minimum Gasteiger partial charge on any atom is -0.295 e. The molecular formula is C10H9NO3S2. The van der Waals surface area contributed by atoms with Gasteiger partial charge in [-0.1, -0.05) is 12.1 Å². The van der Waals surface area contributed by atoms with E-state index in [-0.39, 0.29) is 9.99 Å². The quantitative estimate of drug-likeness (QED) is 0.830. The molecule has 2 N–H and O–H groups in total. The fourth-order valence-corrected chi connectivity index (χ4v) is 3.22. The van der Waals surface area contributed by atoms with Crippen LogP contribution in [-0.4, -0.2) is 14.2 Å². The van der Waals surface area contributed by atoms with Crippen molar-refractivity contribution < 1.29 is 13.2 Å². The molecule has 0 amide bonds.